The number of sulfonamides is 1. The predicted molar refractivity (Wildman–Crippen MR) is 156 cm³/mol. The minimum absolute atomic E-state index is 0.194. The van der Waals surface area contributed by atoms with E-state index in [0.29, 0.717) is 52.9 Å². The lowest BCUT2D eigenvalue weighted by atomic mass is 9.41. The molecule has 5 rings (SSSR count). The maximum Gasteiger partial charge on any atom is 0.240 e. The highest BCUT2D eigenvalue weighted by atomic mass is 32.2. The molecule has 0 radical (unpaired) electrons. The molecule has 0 saturated heterocycles. The molecule has 220 valence electrons. The zero-order chi connectivity index (χ0) is 28.0. The van der Waals surface area contributed by atoms with Gasteiger partial charge < -0.3 is 10.2 Å². The zero-order valence-electron chi connectivity index (χ0n) is 24.7. The van der Waals surface area contributed by atoms with Gasteiger partial charge in [0.15, 0.2) is 0 Å². The van der Waals surface area contributed by atoms with Crippen molar-refractivity contribution in [3.8, 4) is 0 Å². The molecule has 4 aliphatic rings. The Balaban J connectivity index is 1.20. The van der Waals surface area contributed by atoms with Crippen LogP contribution < -0.4 is 4.72 Å². The molecule has 4 saturated carbocycles. The van der Waals surface area contributed by atoms with E-state index in [-0.39, 0.29) is 23.0 Å². The van der Waals surface area contributed by atoms with Gasteiger partial charge in [0.1, 0.15) is 0 Å². The summed E-state index contributed by atoms with van der Waals surface area (Å²) in [5.41, 5.74) is 0.536. The van der Waals surface area contributed by atoms with Crippen LogP contribution in [0.15, 0.2) is 35.2 Å². The quantitative estimate of drug-likeness (QED) is 0.306. The molecular weight excluding hydrogens is 506 g/mol. The monoisotopic (exact) mass is 559 g/mol. The maximum absolute atomic E-state index is 12.5. The van der Waals surface area contributed by atoms with Crippen molar-refractivity contribution in [2.75, 3.05) is 6.54 Å². The molecule has 4 aliphatic carbocycles. The van der Waals surface area contributed by atoms with Crippen molar-refractivity contribution in [3.63, 3.8) is 0 Å². The maximum atomic E-state index is 12.5. The second kappa shape index (κ2) is 11.4. The van der Waals surface area contributed by atoms with Gasteiger partial charge in [-0.25, -0.2) is 13.1 Å². The molecule has 0 aromatic heterocycles. The number of unbranched alkanes of at least 4 members (excludes halogenated alkanes) is 1. The molecule has 6 heteroatoms. The highest BCUT2D eigenvalue weighted by Gasteiger charge is 2.64. The van der Waals surface area contributed by atoms with Gasteiger partial charge in [0, 0.05) is 6.54 Å². The molecule has 1 aromatic rings. The van der Waals surface area contributed by atoms with E-state index in [2.05, 4.69) is 32.4 Å². The summed E-state index contributed by atoms with van der Waals surface area (Å²) < 4.78 is 27.8. The Morgan fingerprint density at radius 2 is 1.64 bits per heavy atom. The third-order valence-electron chi connectivity index (χ3n) is 12.6. The van der Waals surface area contributed by atoms with Crippen molar-refractivity contribution in [1.29, 1.82) is 0 Å². The molecule has 11 atom stereocenters. The second-order valence-corrected chi connectivity index (χ2v) is 16.1. The van der Waals surface area contributed by atoms with E-state index in [1.54, 1.807) is 24.3 Å². The SMILES string of the molecule is CC[C@@H]1C2C[C@H](O)CC[C@@]2(C)[C@H]2CCC3(C)[C@@H]([C@H](C)CCCCNS(=O)(=O)c4ccccc4)CC[C@H]3C2[C@@H]1O. The lowest BCUT2D eigenvalue weighted by Gasteiger charge is -2.64. The van der Waals surface area contributed by atoms with E-state index in [4.69, 9.17) is 0 Å². The average molecular weight is 560 g/mol. The number of benzene rings is 1. The summed E-state index contributed by atoms with van der Waals surface area (Å²) in [5, 5.41) is 22.4. The fourth-order valence-electron chi connectivity index (χ4n) is 10.6. The van der Waals surface area contributed by atoms with E-state index < -0.39 is 10.0 Å². The van der Waals surface area contributed by atoms with Gasteiger partial charge >= 0.3 is 0 Å². The van der Waals surface area contributed by atoms with Crippen LogP contribution in [0.2, 0.25) is 0 Å². The lowest BCUT2D eigenvalue weighted by Crippen LogP contribution is -2.62. The van der Waals surface area contributed by atoms with E-state index >= 15 is 0 Å². The molecule has 0 amide bonds. The Labute approximate surface area is 237 Å². The summed E-state index contributed by atoms with van der Waals surface area (Å²) in [7, 11) is -3.43. The highest BCUT2D eigenvalue weighted by molar-refractivity contribution is 7.89. The summed E-state index contributed by atoms with van der Waals surface area (Å²) in [4.78, 5) is 0.332. The number of aliphatic hydroxyl groups is 2. The fourth-order valence-corrected chi connectivity index (χ4v) is 11.7. The molecule has 0 spiro atoms. The number of nitrogens with one attached hydrogen (secondary N) is 1. The first-order valence-corrected chi connectivity index (χ1v) is 17.4. The van der Waals surface area contributed by atoms with E-state index in [1.165, 1.54) is 25.7 Å². The summed E-state index contributed by atoms with van der Waals surface area (Å²) in [6.07, 6.45) is 11.5. The summed E-state index contributed by atoms with van der Waals surface area (Å²) >= 11 is 0. The first-order valence-electron chi connectivity index (χ1n) is 15.9. The van der Waals surface area contributed by atoms with Gasteiger partial charge in [-0.15, -0.1) is 0 Å². The normalized spacial score (nSPS) is 42.8. The predicted octanol–water partition coefficient (Wildman–Crippen LogP) is 6.40. The van der Waals surface area contributed by atoms with Crippen LogP contribution in [0.1, 0.15) is 98.3 Å². The van der Waals surface area contributed by atoms with Crippen molar-refractivity contribution in [1.82, 2.24) is 4.72 Å². The number of fused-ring (bicyclic) bond motifs is 5. The summed E-state index contributed by atoms with van der Waals surface area (Å²) in [5.74, 6) is 3.61. The first kappa shape index (κ1) is 29.5. The van der Waals surface area contributed by atoms with E-state index in [0.717, 1.165) is 44.9 Å². The largest absolute Gasteiger partial charge is 0.393 e. The Kier molecular flexibility index (Phi) is 8.62. The van der Waals surface area contributed by atoms with Crippen molar-refractivity contribution in [2.24, 2.45) is 52.3 Å². The topological polar surface area (TPSA) is 86.6 Å². The van der Waals surface area contributed by atoms with Crippen molar-refractivity contribution in [3.05, 3.63) is 30.3 Å². The molecular formula is C33H53NO4S. The van der Waals surface area contributed by atoms with Gasteiger partial charge in [-0.3, -0.25) is 0 Å². The summed E-state index contributed by atoms with van der Waals surface area (Å²) in [6.45, 7) is 10.2. The number of aliphatic hydroxyl groups excluding tert-OH is 2. The second-order valence-electron chi connectivity index (χ2n) is 14.3. The van der Waals surface area contributed by atoms with Crippen LogP contribution >= 0.6 is 0 Å². The van der Waals surface area contributed by atoms with Gasteiger partial charge in [-0.1, -0.05) is 65.2 Å². The zero-order valence-corrected chi connectivity index (χ0v) is 25.5. The Bertz CT molecular complexity index is 1080. The van der Waals surface area contributed by atoms with Gasteiger partial charge in [0.2, 0.25) is 10.0 Å². The third kappa shape index (κ3) is 5.26. The average Bonchev–Trinajstić information content (AvgIpc) is 3.27. The Morgan fingerprint density at radius 3 is 2.36 bits per heavy atom. The van der Waals surface area contributed by atoms with Crippen LogP contribution in [0.3, 0.4) is 0 Å². The van der Waals surface area contributed by atoms with Crippen molar-refractivity contribution < 1.29 is 18.6 Å². The van der Waals surface area contributed by atoms with Gasteiger partial charge in [0.25, 0.3) is 0 Å². The highest BCUT2D eigenvalue weighted by Crippen LogP contribution is 2.69. The molecule has 0 aliphatic heterocycles. The van der Waals surface area contributed by atoms with Crippen molar-refractivity contribution in [2.45, 2.75) is 115 Å². The number of hydrogen-bond acceptors (Lipinski definition) is 4. The summed E-state index contributed by atoms with van der Waals surface area (Å²) in [6, 6.07) is 8.62. The van der Waals surface area contributed by atoms with Crippen LogP contribution in [-0.2, 0) is 10.0 Å². The Morgan fingerprint density at radius 1 is 0.949 bits per heavy atom. The molecule has 0 bridgehead atoms. The smallest absolute Gasteiger partial charge is 0.240 e. The first-order chi connectivity index (χ1) is 18.5. The molecule has 39 heavy (non-hydrogen) atoms. The van der Waals surface area contributed by atoms with Crippen molar-refractivity contribution >= 4 is 10.0 Å². The Hall–Kier alpha value is -0.950. The minimum Gasteiger partial charge on any atom is -0.393 e. The number of hydrogen-bond donors (Lipinski definition) is 3. The number of rotatable bonds is 9. The van der Waals surface area contributed by atoms with Crippen LogP contribution in [0, 0.1) is 52.3 Å². The van der Waals surface area contributed by atoms with Crippen LogP contribution in [0.25, 0.3) is 0 Å². The van der Waals surface area contributed by atoms with Crippen LogP contribution in [0.5, 0.6) is 0 Å². The third-order valence-corrected chi connectivity index (χ3v) is 14.1. The molecule has 3 unspecified atom stereocenters. The molecule has 5 nitrogen and oxygen atoms in total. The molecule has 0 heterocycles. The van der Waals surface area contributed by atoms with E-state index in [1.807, 2.05) is 6.07 Å². The molecule has 3 N–H and O–H groups in total. The molecule has 1 aromatic carbocycles. The van der Waals surface area contributed by atoms with E-state index in [9.17, 15) is 18.6 Å². The van der Waals surface area contributed by atoms with Gasteiger partial charge in [0.05, 0.1) is 17.1 Å². The van der Waals surface area contributed by atoms with Gasteiger partial charge in [-0.2, -0.15) is 0 Å². The standard InChI is InChI=1S/C33H53NO4S/c1-5-25-29-21-23(35)16-18-33(29,4)28-17-19-32(3)26(14-15-27(32)30(28)31(25)36)22(2)11-9-10-20-34-39(37,38)24-12-7-6-8-13-24/h6-8,12-13,22-23,25-31,34-36H,5,9-11,14-21H2,1-4H3/t22-,23-,25-,26-,27+,28+,29?,30?,31-,32?,33+/m1/s1. The van der Waals surface area contributed by atoms with Crippen LogP contribution in [-0.4, -0.2) is 37.4 Å². The minimum atomic E-state index is -3.43. The molecule has 4 fully saturated rings. The van der Waals surface area contributed by atoms with Crippen LogP contribution in [0.4, 0.5) is 0 Å². The fraction of sp³-hybridized carbons (Fsp3) is 0.818. The van der Waals surface area contributed by atoms with Gasteiger partial charge in [-0.05, 0) is 116 Å². The lowest BCUT2D eigenvalue weighted by molar-refractivity contribution is -0.203.